The summed E-state index contributed by atoms with van der Waals surface area (Å²) >= 11 is 6.72. The molecule has 0 aliphatic carbocycles. The van der Waals surface area contributed by atoms with Gasteiger partial charge in [0.05, 0.1) is 4.91 Å². The molecule has 1 saturated heterocycles. The lowest BCUT2D eigenvalue weighted by molar-refractivity contribution is -0.118. The molecule has 2 N–H and O–H groups in total. The third-order valence-electron chi connectivity index (χ3n) is 3.30. The van der Waals surface area contributed by atoms with Gasteiger partial charge in [0.25, 0.3) is 17.1 Å². The van der Waals surface area contributed by atoms with E-state index in [2.05, 4.69) is 10.6 Å². The zero-order valence-corrected chi connectivity index (χ0v) is 14.9. The highest BCUT2D eigenvalue weighted by Crippen LogP contribution is 2.26. The minimum Gasteiger partial charge on any atom is -0.484 e. The Morgan fingerprint density at radius 2 is 1.96 bits per heavy atom. The van der Waals surface area contributed by atoms with Crippen molar-refractivity contribution in [1.29, 1.82) is 0 Å². The molecule has 0 atom stereocenters. The quantitative estimate of drug-likeness (QED) is 0.763. The first-order valence-corrected chi connectivity index (χ1v) is 8.72. The molecule has 1 aliphatic heterocycles. The molecule has 8 heteroatoms. The summed E-state index contributed by atoms with van der Waals surface area (Å²) in [7, 11) is 0. The van der Waals surface area contributed by atoms with Crippen LogP contribution in [-0.2, 0) is 9.59 Å². The Hall–Kier alpha value is -2.77. The van der Waals surface area contributed by atoms with Crippen molar-refractivity contribution in [3.63, 3.8) is 0 Å². The van der Waals surface area contributed by atoms with Crippen LogP contribution >= 0.6 is 23.4 Å². The van der Waals surface area contributed by atoms with E-state index >= 15 is 0 Å². The maximum absolute atomic E-state index is 11.9. The fourth-order valence-electron chi connectivity index (χ4n) is 2.14. The molecule has 1 heterocycles. The van der Waals surface area contributed by atoms with Gasteiger partial charge >= 0.3 is 0 Å². The van der Waals surface area contributed by atoms with Crippen molar-refractivity contribution >= 4 is 52.2 Å². The van der Waals surface area contributed by atoms with E-state index < -0.39 is 5.91 Å². The first-order valence-electron chi connectivity index (χ1n) is 7.53. The van der Waals surface area contributed by atoms with Crippen molar-refractivity contribution in [3.05, 3.63) is 64.0 Å². The number of amides is 3. The molecule has 0 aromatic heterocycles. The first-order chi connectivity index (χ1) is 12.5. The number of halogens is 1. The summed E-state index contributed by atoms with van der Waals surface area (Å²) in [5, 5.41) is 5.03. The van der Waals surface area contributed by atoms with Crippen LogP contribution in [0.15, 0.2) is 53.4 Å². The number of carbonyl (C=O) groups is 3. The predicted octanol–water partition coefficient (Wildman–Crippen LogP) is 3.68. The molecular formula is C18H13ClN2O4S. The van der Waals surface area contributed by atoms with Crippen LogP contribution in [0.25, 0.3) is 6.08 Å². The highest BCUT2D eigenvalue weighted by molar-refractivity contribution is 8.18. The smallest absolute Gasteiger partial charge is 0.290 e. The van der Waals surface area contributed by atoms with E-state index in [1.54, 1.807) is 54.6 Å². The van der Waals surface area contributed by atoms with Gasteiger partial charge in [-0.3, -0.25) is 19.7 Å². The summed E-state index contributed by atoms with van der Waals surface area (Å²) in [5.41, 5.74) is 1.34. The zero-order valence-electron chi connectivity index (χ0n) is 13.3. The highest BCUT2D eigenvalue weighted by Gasteiger charge is 2.24. The van der Waals surface area contributed by atoms with E-state index in [4.69, 9.17) is 16.3 Å². The summed E-state index contributed by atoms with van der Waals surface area (Å²) < 4.78 is 5.43. The van der Waals surface area contributed by atoms with Gasteiger partial charge in [0.15, 0.2) is 6.61 Å². The number of hydrogen-bond acceptors (Lipinski definition) is 5. The number of benzene rings is 2. The van der Waals surface area contributed by atoms with Gasteiger partial charge in [-0.15, -0.1) is 0 Å². The average Bonchev–Trinajstić information content (AvgIpc) is 2.91. The standard InChI is InChI=1S/C18H13ClN2O4S/c19-12-2-1-3-13(9-12)20-16(22)10-25-14-6-4-11(5-7-14)8-15-17(23)21-18(24)26-15/h1-9H,10H2,(H,20,22)(H,21,23,24)/b15-8+. The van der Waals surface area contributed by atoms with Crippen LogP contribution in [0.2, 0.25) is 5.02 Å². The predicted molar refractivity (Wildman–Crippen MR) is 101 cm³/mol. The van der Waals surface area contributed by atoms with Crippen molar-refractivity contribution in [2.75, 3.05) is 11.9 Å². The van der Waals surface area contributed by atoms with Crippen LogP contribution in [-0.4, -0.2) is 23.7 Å². The molecule has 3 rings (SSSR count). The average molecular weight is 389 g/mol. The van der Waals surface area contributed by atoms with Gasteiger partial charge in [-0.1, -0.05) is 29.8 Å². The molecular weight excluding hydrogens is 376 g/mol. The minimum absolute atomic E-state index is 0.153. The van der Waals surface area contributed by atoms with E-state index in [9.17, 15) is 14.4 Å². The van der Waals surface area contributed by atoms with Crippen LogP contribution in [0.1, 0.15) is 5.56 Å². The van der Waals surface area contributed by atoms with Crippen LogP contribution in [0.4, 0.5) is 10.5 Å². The fraction of sp³-hybridized carbons (Fsp3) is 0.0556. The summed E-state index contributed by atoms with van der Waals surface area (Å²) in [5.74, 6) is -0.206. The monoisotopic (exact) mass is 388 g/mol. The Bertz CT molecular complexity index is 896. The van der Waals surface area contributed by atoms with Gasteiger partial charge in [-0.05, 0) is 53.7 Å². The van der Waals surface area contributed by atoms with E-state index in [1.807, 2.05) is 0 Å². The van der Waals surface area contributed by atoms with Gasteiger partial charge in [0.2, 0.25) is 0 Å². The second-order valence-electron chi connectivity index (χ2n) is 5.27. The van der Waals surface area contributed by atoms with Crippen LogP contribution < -0.4 is 15.4 Å². The number of rotatable bonds is 5. The van der Waals surface area contributed by atoms with Crippen molar-refractivity contribution < 1.29 is 19.1 Å². The number of hydrogen-bond donors (Lipinski definition) is 2. The number of anilines is 1. The molecule has 0 spiro atoms. The lowest BCUT2D eigenvalue weighted by atomic mass is 10.2. The summed E-state index contributed by atoms with van der Waals surface area (Å²) in [6.07, 6.45) is 1.61. The molecule has 0 bridgehead atoms. The summed E-state index contributed by atoms with van der Waals surface area (Å²) in [4.78, 5) is 34.9. The Morgan fingerprint density at radius 3 is 2.62 bits per heavy atom. The topological polar surface area (TPSA) is 84.5 Å². The molecule has 3 amide bonds. The van der Waals surface area contributed by atoms with Crippen LogP contribution in [0.3, 0.4) is 0 Å². The van der Waals surface area contributed by atoms with Crippen LogP contribution in [0.5, 0.6) is 5.75 Å². The van der Waals surface area contributed by atoms with E-state index in [1.165, 1.54) is 0 Å². The van der Waals surface area contributed by atoms with Crippen molar-refractivity contribution in [2.24, 2.45) is 0 Å². The van der Waals surface area contributed by atoms with Gasteiger partial charge in [-0.2, -0.15) is 0 Å². The molecule has 0 radical (unpaired) electrons. The van der Waals surface area contributed by atoms with Gasteiger partial charge in [0.1, 0.15) is 5.75 Å². The molecule has 2 aromatic rings. The SMILES string of the molecule is O=C(COc1ccc(/C=C2/SC(=O)NC2=O)cc1)Nc1cccc(Cl)c1. The summed E-state index contributed by atoms with van der Waals surface area (Å²) in [6, 6.07) is 13.6. The molecule has 1 fully saturated rings. The molecule has 6 nitrogen and oxygen atoms in total. The van der Waals surface area contributed by atoms with Gasteiger partial charge < -0.3 is 10.1 Å². The van der Waals surface area contributed by atoms with Crippen molar-refractivity contribution in [2.45, 2.75) is 0 Å². The maximum Gasteiger partial charge on any atom is 0.290 e. The van der Waals surface area contributed by atoms with E-state index in [0.29, 0.717) is 21.4 Å². The van der Waals surface area contributed by atoms with E-state index in [-0.39, 0.29) is 17.8 Å². The molecule has 0 saturated carbocycles. The number of carbonyl (C=O) groups excluding carboxylic acids is 3. The van der Waals surface area contributed by atoms with Crippen LogP contribution in [0, 0.1) is 0 Å². The second kappa shape index (κ2) is 8.07. The van der Waals surface area contributed by atoms with Gasteiger partial charge in [-0.25, -0.2) is 0 Å². The molecule has 132 valence electrons. The Balaban J connectivity index is 1.54. The number of nitrogens with one attached hydrogen (secondary N) is 2. The zero-order chi connectivity index (χ0) is 18.5. The normalized spacial score (nSPS) is 15.0. The molecule has 0 unspecified atom stereocenters. The van der Waals surface area contributed by atoms with E-state index in [0.717, 1.165) is 17.3 Å². The number of ether oxygens (including phenoxy) is 1. The van der Waals surface area contributed by atoms with Crippen molar-refractivity contribution in [1.82, 2.24) is 5.32 Å². The van der Waals surface area contributed by atoms with Gasteiger partial charge in [0, 0.05) is 10.7 Å². The molecule has 26 heavy (non-hydrogen) atoms. The lowest BCUT2D eigenvalue weighted by Gasteiger charge is -2.08. The minimum atomic E-state index is -0.405. The largest absolute Gasteiger partial charge is 0.484 e. The third kappa shape index (κ3) is 4.87. The molecule has 2 aromatic carbocycles. The first kappa shape index (κ1) is 18.0. The molecule has 1 aliphatic rings. The fourth-order valence-corrected chi connectivity index (χ4v) is 3.02. The highest BCUT2D eigenvalue weighted by atomic mass is 35.5. The Kier molecular flexibility index (Phi) is 5.60. The Labute approximate surface area is 158 Å². The maximum atomic E-state index is 11.9. The lowest BCUT2D eigenvalue weighted by Crippen LogP contribution is -2.20. The third-order valence-corrected chi connectivity index (χ3v) is 4.34. The second-order valence-corrected chi connectivity index (χ2v) is 6.72. The Morgan fingerprint density at radius 1 is 1.19 bits per heavy atom. The number of thioether (sulfide) groups is 1. The summed E-state index contributed by atoms with van der Waals surface area (Å²) in [6.45, 7) is -0.153. The number of imide groups is 1. The van der Waals surface area contributed by atoms with Crippen molar-refractivity contribution in [3.8, 4) is 5.75 Å².